The Kier molecular flexibility index (Phi) is 6.22. The Morgan fingerprint density at radius 1 is 1.06 bits per heavy atom. The zero-order valence-electron chi connectivity index (χ0n) is 17.4. The van der Waals surface area contributed by atoms with Gasteiger partial charge >= 0.3 is 0 Å². The van der Waals surface area contributed by atoms with E-state index in [0.29, 0.717) is 43.4 Å². The van der Waals surface area contributed by atoms with Crippen LogP contribution >= 0.6 is 11.3 Å². The van der Waals surface area contributed by atoms with Gasteiger partial charge in [-0.2, -0.15) is 0 Å². The molecule has 0 atom stereocenters. The number of hydrogen-bond acceptors (Lipinski definition) is 7. The number of carbonyl (C=O) groups is 2. The lowest BCUT2D eigenvalue weighted by atomic mass is 10.2. The van der Waals surface area contributed by atoms with Gasteiger partial charge in [0.25, 0.3) is 5.91 Å². The molecule has 1 fully saturated rings. The first-order chi connectivity index (χ1) is 15.1. The average molecular weight is 442 g/mol. The van der Waals surface area contributed by atoms with E-state index in [-0.39, 0.29) is 18.2 Å². The van der Waals surface area contributed by atoms with Crippen LogP contribution in [-0.4, -0.2) is 67.0 Å². The lowest BCUT2D eigenvalue weighted by Gasteiger charge is -2.34. The number of ether oxygens (including phenoxy) is 2. The van der Waals surface area contributed by atoms with Crippen molar-refractivity contribution in [3.05, 3.63) is 53.4 Å². The summed E-state index contributed by atoms with van der Waals surface area (Å²) in [5, 5.41) is 2.72. The van der Waals surface area contributed by atoms with E-state index in [1.54, 1.807) is 36.2 Å². The van der Waals surface area contributed by atoms with Crippen LogP contribution in [0.1, 0.15) is 16.2 Å². The van der Waals surface area contributed by atoms with E-state index in [2.05, 4.69) is 4.98 Å². The number of rotatable bonds is 6. The highest BCUT2D eigenvalue weighted by Crippen LogP contribution is 2.33. The van der Waals surface area contributed by atoms with Crippen molar-refractivity contribution < 1.29 is 23.5 Å². The van der Waals surface area contributed by atoms with Crippen molar-refractivity contribution >= 4 is 23.2 Å². The molecule has 0 spiro atoms. The summed E-state index contributed by atoms with van der Waals surface area (Å²) in [5.74, 6) is 1.48. The van der Waals surface area contributed by atoms with E-state index < -0.39 is 0 Å². The zero-order valence-corrected chi connectivity index (χ0v) is 18.2. The van der Waals surface area contributed by atoms with Crippen molar-refractivity contribution in [3.63, 3.8) is 0 Å². The third-order valence-electron chi connectivity index (χ3n) is 5.17. The molecule has 1 aromatic carbocycles. The third-order valence-corrected chi connectivity index (χ3v) is 6.11. The third kappa shape index (κ3) is 4.56. The number of nitrogens with zero attached hydrogens (tertiary/aromatic N) is 3. The number of piperazine rings is 1. The predicted octanol–water partition coefficient (Wildman–Crippen LogP) is 2.95. The highest BCUT2D eigenvalue weighted by atomic mass is 32.1. The number of thiazole rings is 1. The summed E-state index contributed by atoms with van der Waals surface area (Å²) in [6.07, 6.45) is 1.72. The van der Waals surface area contributed by atoms with Crippen LogP contribution in [0.4, 0.5) is 0 Å². The van der Waals surface area contributed by atoms with E-state index in [1.807, 2.05) is 23.6 Å². The number of aromatic nitrogens is 1. The molecule has 1 aliphatic rings. The fraction of sp³-hybridized carbons (Fsp3) is 0.318. The molecule has 31 heavy (non-hydrogen) atoms. The van der Waals surface area contributed by atoms with E-state index in [9.17, 15) is 9.59 Å². The lowest BCUT2D eigenvalue weighted by molar-refractivity contribution is -0.132. The summed E-state index contributed by atoms with van der Waals surface area (Å²) >= 11 is 1.49. The monoisotopic (exact) mass is 441 g/mol. The van der Waals surface area contributed by atoms with Crippen LogP contribution in [0.3, 0.4) is 0 Å². The molecular formula is C22H23N3O5S. The average Bonchev–Trinajstić information content (AvgIpc) is 3.51. The molecule has 1 aliphatic heterocycles. The molecule has 2 aromatic heterocycles. The normalized spacial score (nSPS) is 13.9. The highest BCUT2D eigenvalue weighted by Gasteiger charge is 2.26. The number of carbonyl (C=O) groups excluding carboxylic acids is 2. The molecule has 162 valence electrons. The molecule has 3 heterocycles. The van der Waals surface area contributed by atoms with Gasteiger partial charge in [0.05, 0.1) is 32.6 Å². The molecule has 2 amide bonds. The summed E-state index contributed by atoms with van der Waals surface area (Å²) in [5.41, 5.74) is 1.64. The Bertz CT molecular complexity index is 1060. The fourth-order valence-electron chi connectivity index (χ4n) is 3.47. The summed E-state index contributed by atoms with van der Waals surface area (Å²) in [7, 11) is 3.19. The van der Waals surface area contributed by atoms with Crippen molar-refractivity contribution in [2.75, 3.05) is 40.4 Å². The summed E-state index contributed by atoms with van der Waals surface area (Å²) in [6.45, 7) is 1.97. The number of benzene rings is 1. The van der Waals surface area contributed by atoms with E-state index in [0.717, 1.165) is 16.3 Å². The molecule has 0 saturated carbocycles. The van der Waals surface area contributed by atoms with Crippen molar-refractivity contribution in [1.82, 2.24) is 14.8 Å². The minimum atomic E-state index is -0.142. The topological polar surface area (TPSA) is 85.1 Å². The Labute approximate surface area is 184 Å². The van der Waals surface area contributed by atoms with Crippen molar-refractivity contribution in [2.24, 2.45) is 0 Å². The van der Waals surface area contributed by atoms with Crippen molar-refractivity contribution in [3.8, 4) is 22.1 Å². The molecule has 0 N–H and O–H groups in total. The second-order valence-electron chi connectivity index (χ2n) is 7.04. The second kappa shape index (κ2) is 9.22. The molecule has 3 aromatic rings. The smallest absolute Gasteiger partial charge is 0.289 e. The number of hydrogen-bond donors (Lipinski definition) is 0. The zero-order chi connectivity index (χ0) is 21.8. The van der Waals surface area contributed by atoms with Crippen molar-refractivity contribution in [1.29, 1.82) is 0 Å². The van der Waals surface area contributed by atoms with Gasteiger partial charge < -0.3 is 23.7 Å². The summed E-state index contributed by atoms with van der Waals surface area (Å²) < 4.78 is 15.8. The highest BCUT2D eigenvalue weighted by molar-refractivity contribution is 7.13. The molecule has 0 aliphatic carbocycles. The van der Waals surface area contributed by atoms with Gasteiger partial charge in [0.15, 0.2) is 17.3 Å². The van der Waals surface area contributed by atoms with E-state index in [1.165, 1.54) is 17.6 Å². The fourth-order valence-corrected chi connectivity index (χ4v) is 4.29. The first-order valence-electron chi connectivity index (χ1n) is 9.86. The van der Waals surface area contributed by atoms with Crippen molar-refractivity contribution in [2.45, 2.75) is 6.42 Å². The van der Waals surface area contributed by atoms with Gasteiger partial charge in [0.1, 0.15) is 5.01 Å². The molecule has 9 heteroatoms. The maximum atomic E-state index is 12.7. The van der Waals surface area contributed by atoms with Gasteiger partial charge in [0, 0.05) is 37.1 Å². The number of furan rings is 1. The lowest BCUT2D eigenvalue weighted by Crippen LogP contribution is -2.50. The van der Waals surface area contributed by atoms with Gasteiger partial charge in [-0.1, -0.05) is 0 Å². The van der Waals surface area contributed by atoms with Crippen LogP contribution in [0, 0.1) is 0 Å². The number of amides is 2. The van der Waals surface area contributed by atoms with Gasteiger partial charge in [-0.25, -0.2) is 4.98 Å². The molecule has 8 nitrogen and oxygen atoms in total. The van der Waals surface area contributed by atoms with E-state index >= 15 is 0 Å². The standard InChI is InChI=1S/C22H23N3O5S/c1-28-17-6-5-15(12-19(17)29-2)21-23-16(14-31-21)13-20(26)24-7-9-25(10-8-24)22(27)18-4-3-11-30-18/h3-6,11-12,14H,7-10,13H2,1-2H3. The van der Waals surface area contributed by atoms with Crippen LogP contribution in [0.25, 0.3) is 10.6 Å². The largest absolute Gasteiger partial charge is 0.493 e. The Morgan fingerprint density at radius 3 is 2.48 bits per heavy atom. The number of methoxy groups -OCH3 is 2. The first-order valence-corrected chi connectivity index (χ1v) is 10.7. The molecule has 1 saturated heterocycles. The molecule has 0 bridgehead atoms. The molecule has 4 rings (SSSR count). The quantitative estimate of drug-likeness (QED) is 0.585. The molecular weight excluding hydrogens is 418 g/mol. The Hall–Kier alpha value is -3.33. The van der Waals surface area contributed by atoms with Gasteiger partial charge in [0.2, 0.25) is 5.91 Å². The van der Waals surface area contributed by atoms with E-state index in [4.69, 9.17) is 13.9 Å². The second-order valence-corrected chi connectivity index (χ2v) is 7.90. The minimum absolute atomic E-state index is 0.00857. The molecule has 0 unspecified atom stereocenters. The summed E-state index contributed by atoms with van der Waals surface area (Å²) in [4.78, 5) is 33.2. The van der Waals surface area contributed by atoms with Crippen LogP contribution in [0.2, 0.25) is 0 Å². The first kappa shape index (κ1) is 20.9. The van der Waals surface area contributed by atoms with Gasteiger partial charge in [-0.3, -0.25) is 9.59 Å². The van der Waals surface area contributed by atoms with Crippen LogP contribution in [-0.2, 0) is 11.2 Å². The van der Waals surface area contributed by atoms with Crippen LogP contribution in [0.5, 0.6) is 11.5 Å². The SMILES string of the molecule is COc1ccc(-c2nc(CC(=O)N3CCN(C(=O)c4ccco4)CC3)cs2)cc1OC. The maximum Gasteiger partial charge on any atom is 0.289 e. The molecule has 0 radical (unpaired) electrons. The van der Waals surface area contributed by atoms with Crippen LogP contribution in [0.15, 0.2) is 46.4 Å². The van der Waals surface area contributed by atoms with Gasteiger partial charge in [-0.05, 0) is 30.3 Å². The predicted molar refractivity (Wildman–Crippen MR) is 116 cm³/mol. The van der Waals surface area contributed by atoms with Crippen LogP contribution < -0.4 is 9.47 Å². The van der Waals surface area contributed by atoms with Gasteiger partial charge in [-0.15, -0.1) is 11.3 Å². The maximum absolute atomic E-state index is 12.7. The Balaban J connectivity index is 1.35. The minimum Gasteiger partial charge on any atom is -0.493 e. The Morgan fingerprint density at radius 2 is 1.81 bits per heavy atom. The summed E-state index contributed by atoms with van der Waals surface area (Å²) in [6, 6.07) is 8.97.